The van der Waals surface area contributed by atoms with Gasteiger partial charge < -0.3 is 9.47 Å². The molecule has 7 nitrogen and oxygen atoms in total. The first-order valence-electron chi connectivity index (χ1n) is 12.1. The van der Waals surface area contributed by atoms with E-state index in [0.29, 0.717) is 48.3 Å². The van der Waals surface area contributed by atoms with Gasteiger partial charge in [0.15, 0.2) is 5.78 Å². The Morgan fingerprint density at radius 2 is 1.61 bits per heavy atom. The predicted molar refractivity (Wildman–Crippen MR) is 140 cm³/mol. The van der Waals surface area contributed by atoms with E-state index in [1.165, 1.54) is 4.57 Å². The number of ether oxygens (including phenoxy) is 2. The third-order valence-corrected chi connectivity index (χ3v) is 6.16. The minimum absolute atomic E-state index is 0.0691. The van der Waals surface area contributed by atoms with Crippen LogP contribution in [0.5, 0.6) is 5.75 Å². The molecule has 0 saturated heterocycles. The number of carbonyl (C=O) groups is 1. The lowest BCUT2D eigenvalue weighted by atomic mass is 10.1. The number of ketones is 1. The summed E-state index contributed by atoms with van der Waals surface area (Å²) in [5.41, 5.74) is 2.37. The zero-order valence-corrected chi connectivity index (χ0v) is 20.6. The standard InChI is InChI=1S/C29H30N2O5/c1-3-27(32)23-11-9-22(10-12-23)20-31-26-14-13-24(36-18-17-35-2)19-25(26)28(33)30(29(31)34)16-15-21-7-5-4-6-8-21/h4-14,19H,3,15-18,20H2,1-2H3. The predicted octanol–water partition coefficient (Wildman–Crippen LogP) is 4.07. The summed E-state index contributed by atoms with van der Waals surface area (Å²) < 4.78 is 13.7. The molecule has 7 heteroatoms. The smallest absolute Gasteiger partial charge is 0.331 e. The van der Waals surface area contributed by atoms with E-state index in [0.717, 1.165) is 11.1 Å². The van der Waals surface area contributed by atoms with E-state index in [4.69, 9.17) is 9.47 Å². The van der Waals surface area contributed by atoms with E-state index in [2.05, 4.69) is 0 Å². The van der Waals surface area contributed by atoms with Crippen molar-refractivity contribution in [3.05, 3.63) is 110 Å². The van der Waals surface area contributed by atoms with Crippen LogP contribution in [0.1, 0.15) is 34.8 Å². The van der Waals surface area contributed by atoms with Crippen LogP contribution in [0.25, 0.3) is 10.9 Å². The SMILES string of the molecule is CCC(=O)c1ccc(Cn2c(=O)n(CCc3ccccc3)c(=O)c3cc(OCCOC)ccc32)cc1. The van der Waals surface area contributed by atoms with E-state index in [-0.39, 0.29) is 30.1 Å². The number of carbonyl (C=O) groups excluding carboxylic acids is 1. The van der Waals surface area contributed by atoms with Crippen molar-refractivity contribution in [3.8, 4) is 5.75 Å². The van der Waals surface area contributed by atoms with Gasteiger partial charge >= 0.3 is 5.69 Å². The third-order valence-electron chi connectivity index (χ3n) is 6.16. The van der Waals surface area contributed by atoms with Gasteiger partial charge in [-0.1, -0.05) is 61.5 Å². The third kappa shape index (κ3) is 5.63. The Morgan fingerprint density at radius 3 is 2.31 bits per heavy atom. The van der Waals surface area contributed by atoms with E-state index >= 15 is 0 Å². The van der Waals surface area contributed by atoms with Gasteiger partial charge in [-0.3, -0.25) is 18.7 Å². The number of benzene rings is 3. The summed E-state index contributed by atoms with van der Waals surface area (Å²) in [5.74, 6) is 0.610. The van der Waals surface area contributed by atoms with Crippen LogP contribution in [0.2, 0.25) is 0 Å². The van der Waals surface area contributed by atoms with Crippen LogP contribution < -0.4 is 16.0 Å². The number of hydrogen-bond acceptors (Lipinski definition) is 5. The minimum atomic E-state index is -0.370. The molecule has 0 spiro atoms. The molecule has 0 bridgehead atoms. The highest BCUT2D eigenvalue weighted by molar-refractivity contribution is 5.95. The fraction of sp³-hybridized carbons (Fsp3) is 0.276. The average Bonchev–Trinajstić information content (AvgIpc) is 2.91. The summed E-state index contributed by atoms with van der Waals surface area (Å²) >= 11 is 0. The maximum absolute atomic E-state index is 13.6. The van der Waals surface area contributed by atoms with Gasteiger partial charge in [0.05, 0.1) is 24.1 Å². The van der Waals surface area contributed by atoms with Crippen molar-refractivity contribution in [1.82, 2.24) is 9.13 Å². The van der Waals surface area contributed by atoms with E-state index < -0.39 is 0 Å². The molecule has 0 aliphatic carbocycles. The Labute approximate surface area is 209 Å². The number of methoxy groups -OCH3 is 1. The number of nitrogens with zero attached hydrogens (tertiary/aromatic N) is 2. The van der Waals surface area contributed by atoms with Crippen molar-refractivity contribution in [3.63, 3.8) is 0 Å². The van der Waals surface area contributed by atoms with Gasteiger partial charge in [0, 0.05) is 25.6 Å². The van der Waals surface area contributed by atoms with Crippen LogP contribution in [0.3, 0.4) is 0 Å². The van der Waals surface area contributed by atoms with Crippen LogP contribution >= 0.6 is 0 Å². The molecular formula is C29H30N2O5. The molecule has 1 heterocycles. The summed E-state index contributed by atoms with van der Waals surface area (Å²) in [6.07, 6.45) is 0.990. The highest BCUT2D eigenvalue weighted by Crippen LogP contribution is 2.19. The Balaban J connectivity index is 1.76. The largest absolute Gasteiger partial charge is 0.491 e. The number of rotatable bonds is 11. The first-order valence-corrected chi connectivity index (χ1v) is 12.1. The molecule has 4 rings (SSSR count). The molecule has 4 aromatic rings. The quantitative estimate of drug-likeness (QED) is 0.236. The van der Waals surface area contributed by atoms with E-state index in [9.17, 15) is 14.4 Å². The van der Waals surface area contributed by atoms with Crippen LogP contribution in [0.15, 0.2) is 82.4 Å². The van der Waals surface area contributed by atoms with E-state index in [1.807, 2.05) is 49.4 Å². The van der Waals surface area contributed by atoms with Crippen molar-refractivity contribution in [2.75, 3.05) is 20.3 Å². The van der Waals surface area contributed by atoms with Gasteiger partial charge in [0.1, 0.15) is 12.4 Å². The summed E-state index contributed by atoms with van der Waals surface area (Å²) in [6, 6.07) is 22.2. The summed E-state index contributed by atoms with van der Waals surface area (Å²) in [5, 5.41) is 0.412. The van der Waals surface area contributed by atoms with Crippen molar-refractivity contribution >= 4 is 16.7 Å². The van der Waals surface area contributed by atoms with Crippen LogP contribution in [0.4, 0.5) is 0 Å². The monoisotopic (exact) mass is 486 g/mol. The number of Topliss-reactive ketones (excluding diaryl/α,β-unsaturated/α-hetero) is 1. The molecule has 1 aromatic heterocycles. The lowest BCUT2D eigenvalue weighted by Gasteiger charge is -2.16. The Morgan fingerprint density at radius 1 is 0.861 bits per heavy atom. The zero-order valence-electron chi connectivity index (χ0n) is 20.6. The maximum Gasteiger partial charge on any atom is 0.331 e. The Hall–Kier alpha value is -3.97. The molecule has 0 radical (unpaired) electrons. The Kier molecular flexibility index (Phi) is 8.13. The molecule has 0 fully saturated rings. The van der Waals surface area contributed by atoms with Gasteiger partial charge in [0.2, 0.25) is 0 Å². The summed E-state index contributed by atoms with van der Waals surface area (Å²) in [7, 11) is 1.60. The number of aromatic nitrogens is 2. The first-order chi connectivity index (χ1) is 17.5. The second kappa shape index (κ2) is 11.6. The Bertz CT molecular complexity index is 1450. The average molecular weight is 487 g/mol. The molecule has 0 N–H and O–H groups in total. The lowest BCUT2D eigenvalue weighted by Crippen LogP contribution is -2.40. The van der Waals surface area contributed by atoms with Crippen molar-refractivity contribution < 1.29 is 14.3 Å². The van der Waals surface area contributed by atoms with Gasteiger partial charge in [-0.05, 0) is 35.7 Å². The van der Waals surface area contributed by atoms with Gasteiger partial charge in [-0.15, -0.1) is 0 Å². The molecule has 0 atom stereocenters. The molecule has 36 heavy (non-hydrogen) atoms. The second-order valence-corrected chi connectivity index (χ2v) is 8.55. The van der Waals surface area contributed by atoms with E-state index in [1.54, 1.807) is 42.0 Å². The minimum Gasteiger partial charge on any atom is -0.491 e. The molecule has 0 amide bonds. The highest BCUT2D eigenvalue weighted by atomic mass is 16.5. The van der Waals surface area contributed by atoms with Crippen LogP contribution in [-0.2, 0) is 24.2 Å². The number of hydrogen-bond donors (Lipinski definition) is 0. The van der Waals surface area contributed by atoms with Crippen molar-refractivity contribution in [2.24, 2.45) is 0 Å². The normalized spacial score (nSPS) is 11.1. The topological polar surface area (TPSA) is 79.5 Å². The highest BCUT2D eigenvalue weighted by Gasteiger charge is 2.15. The molecule has 0 aliphatic rings. The molecule has 0 aliphatic heterocycles. The molecule has 186 valence electrons. The summed E-state index contributed by atoms with van der Waals surface area (Å²) in [4.78, 5) is 39.0. The number of fused-ring (bicyclic) bond motifs is 1. The van der Waals surface area contributed by atoms with Gasteiger partial charge in [-0.2, -0.15) is 0 Å². The van der Waals surface area contributed by atoms with Gasteiger partial charge in [0.25, 0.3) is 5.56 Å². The zero-order chi connectivity index (χ0) is 25.5. The first kappa shape index (κ1) is 25.1. The van der Waals surface area contributed by atoms with Crippen molar-refractivity contribution in [2.45, 2.75) is 32.9 Å². The van der Waals surface area contributed by atoms with Crippen molar-refractivity contribution in [1.29, 1.82) is 0 Å². The molecule has 3 aromatic carbocycles. The fourth-order valence-corrected chi connectivity index (χ4v) is 4.15. The molecule has 0 saturated carbocycles. The maximum atomic E-state index is 13.6. The van der Waals surface area contributed by atoms with Crippen LogP contribution in [-0.4, -0.2) is 35.2 Å². The summed E-state index contributed by atoms with van der Waals surface area (Å²) in [6.45, 7) is 3.14. The fourth-order valence-electron chi connectivity index (χ4n) is 4.15. The molecular weight excluding hydrogens is 456 g/mol. The van der Waals surface area contributed by atoms with Gasteiger partial charge in [-0.25, -0.2) is 4.79 Å². The van der Waals surface area contributed by atoms with Crippen LogP contribution in [0, 0.1) is 0 Å². The molecule has 0 unspecified atom stereocenters. The number of aryl methyl sites for hydroxylation is 1. The second-order valence-electron chi connectivity index (χ2n) is 8.55. The lowest BCUT2D eigenvalue weighted by molar-refractivity contribution is 0.0988.